The van der Waals surface area contributed by atoms with Crippen molar-refractivity contribution >= 4 is 20.7 Å². The fraction of sp³-hybridized carbons (Fsp3) is 0.235. The molecule has 2 heterocycles. The van der Waals surface area contributed by atoms with Crippen molar-refractivity contribution in [3.05, 3.63) is 56.9 Å². The maximum absolute atomic E-state index is 12.7. The van der Waals surface area contributed by atoms with Crippen LogP contribution in [-0.2, 0) is 15.7 Å². The Morgan fingerprint density at radius 2 is 1.96 bits per heavy atom. The van der Waals surface area contributed by atoms with Crippen LogP contribution < -0.4 is 16.0 Å². The molecule has 3 aromatic rings. The van der Waals surface area contributed by atoms with Crippen LogP contribution in [0.4, 0.5) is 0 Å². The largest absolute Gasteiger partial charge is 0.481 e. The van der Waals surface area contributed by atoms with Gasteiger partial charge in [0.25, 0.3) is 5.56 Å². The molecular weight excluding hydrogens is 358 g/mol. The van der Waals surface area contributed by atoms with E-state index in [1.165, 1.54) is 7.11 Å². The van der Waals surface area contributed by atoms with Crippen molar-refractivity contribution in [1.29, 1.82) is 0 Å². The fourth-order valence-corrected chi connectivity index (χ4v) is 3.44. The lowest BCUT2D eigenvalue weighted by Gasteiger charge is -2.10. The molecule has 3 rings (SSSR count). The molecule has 0 unspecified atom stereocenters. The highest BCUT2D eigenvalue weighted by Crippen LogP contribution is 2.26. The molecule has 0 saturated heterocycles. The lowest BCUT2D eigenvalue weighted by molar-refractivity contribution is 0.398. The van der Waals surface area contributed by atoms with Gasteiger partial charge in [-0.3, -0.25) is 4.79 Å². The first kappa shape index (κ1) is 17.9. The van der Waals surface area contributed by atoms with Crippen LogP contribution >= 0.6 is 0 Å². The second-order valence-electron chi connectivity index (χ2n) is 6.02. The number of hydrogen-bond donors (Lipinski definition) is 1. The van der Waals surface area contributed by atoms with E-state index in [1.807, 2.05) is 6.92 Å². The van der Waals surface area contributed by atoms with Crippen LogP contribution in [0.15, 0.2) is 40.1 Å². The number of nitrogens with one attached hydrogen (secondary N) is 1. The normalized spacial score (nSPS) is 11.7. The quantitative estimate of drug-likeness (QED) is 0.730. The number of benzene rings is 1. The average Bonchev–Trinajstić information content (AvgIpc) is 2.57. The molecule has 1 aromatic carbocycles. The van der Waals surface area contributed by atoms with Crippen LogP contribution in [0, 0.1) is 6.92 Å². The molecule has 0 aliphatic rings. The summed E-state index contributed by atoms with van der Waals surface area (Å²) in [6, 6.07) is 6.82. The number of methoxy groups -OCH3 is 1. The molecule has 1 N–H and O–H groups in total. The van der Waals surface area contributed by atoms with Gasteiger partial charge in [-0.05, 0) is 36.2 Å². The van der Waals surface area contributed by atoms with Crippen LogP contribution in [-0.4, -0.2) is 36.3 Å². The van der Waals surface area contributed by atoms with Crippen molar-refractivity contribution in [2.24, 2.45) is 0 Å². The molecule has 0 atom stereocenters. The summed E-state index contributed by atoms with van der Waals surface area (Å²) < 4.78 is 28.7. The summed E-state index contributed by atoms with van der Waals surface area (Å²) in [5.41, 5.74) is 1.30. The summed E-state index contributed by atoms with van der Waals surface area (Å²) >= 11 is 0. The number of fused-ring (bicyclic) bond motifs is 1. The Kier molecular flexibility index (Phi) is 4.41. The third-order valence-electron chi connectivity index (χ3n) is 3.95. The average molecular weight is 375 g/mol. The summed E-state index contributed by atoms with van der Waals surface area (Å²) in [4.78, 5) is 31.5. The van der Waals surface area contributed by atoms with E-state index in [0.29, 0.717) is 16.0 Å². The van der Waals surface area contributed by atoms with Gasteiger partial charge in [-0.25, -0.2) is 22.8 Å². The second-order valence-corrected chi connectivity index (χ2v) is 8.13. The molecule has 136 valence electrons. The predicted molar refractivity (Wildman–Crippen MR) is 98.2 cm³/mol. The van der Waals surface area contributed by atoms with Gasteiger partial charge >= 0.3 is 5.69 Å². The van der Waals surface area contributed by atoms with Gasteiger partial charge in [-0.1, -0.05) is 0 Å². The van der Waals surface area contributed by atoms with Crippen LogP contribution in [0.1, 0.15) is 5.56 Å². The third-order valence-corrected chi connectivity index (χ3v) is 4.67. The fourth-order valence-electron chi connectivity index (χ4n) is 2.73. The van der Waals surface area contributed by atoms with Crippen molar-refractivity contribution in [3.8, 4) is 17.0 Å². The number of aryl methyl sites for hydroxylation is 1. The van der Waals surface area contributed by atoms with Crippen LogP contribution in [0.25, 0.3) is 22.0 Å². The summed E-state index contributed by atoms with van der Waals surface area (Å²) in [6.45, 7) is 1.85. The Labute approximate surface area is 149 Å². The van der Waals surface area contributed by atoms with Gasteiger partial charge in [-0.15, -0.1) is 0 Å². The lowest BCUT2D eigenvalue weighted by atomic mass is 10.00. The molecule has 0 aliphatic carbocycles. The topological polar surface area (TPSA) is 111 Å². The van der Waals surface area contributed by atoms with Crippen molar-refractivity contribution in [3.63, 3.8) is 0 Å². The minimum absolute atomic E-state index is 0.227. The van der Waals surface area contributed by atoms with Gasteiger partial charge < -0.3 is 9.72 Å². The zero-order valence-corrected chi connectivity index (χ0v) is 15.3. The van der Waals surface area contributed by atoms with Gasteiger partial charge in [-0.2, -0.15) is 0 Å². The maximum atomic E-state index is 12.7. The summed E-state index contributed by atoms with van der Waals surface area (Å²) in [5.74, 6) is -0.211. The number of nitrogens with zero attached hydrogens (tertiary/aromatic N) is 2. The maximum Gasteiger partial charge on any atom is 0.329 e. The molecular formula is C17H17N3O5S. The number of hydrogen-bond acceptors (Lipinski definition) is 6. The molecule has 26 heavy (non-hydrogen) atoms. The Hall–Kier alpha value is -2.94. The number of aromatic amines is 1. The monoisotopic (exact) mass is 375 g/mol. The molecule has 0 radical (unpaired) electrons. The lowest BCUT2D eigenvalue weighted by Crippen LogP contribution is -2.37. The van der Waals surface area contributed by atoms with Crippen molar-refractivity contribution < 1.29 is 13.2 Å². The number of aromatic nitrogens is 3. The highest BCUT2D eigenvalue weighted by molar-refractivity contribution is 7.89. The molecule has 0 bridgehead atoms. The van der Waals surface area contributed by atoms with E-state index in [9.17, 15) is 18.0 Å². The van der Waals surface area contributed by atoms with Gasteiger partial charge in [0, 0.05) is 24.1 Å². The molecule has 0 amide bonds. The highest BCUT2D eigenvalue weighted by Gasteiger charge is 2.14. The minimum Gasteiger partial charge on any atom is -0.481 e. The van der Waals surface area contributed by atoms with Crippen LogP contribution in [0.3, 0.4) is 0 Å². The molecule has 0 fully saturated rings. The first-order chi connectivity index (χ1) is 12.2. The number of ether oxygens (including phenoxy) is 1. The Balaban J connectivity index is 2.25. The summed E-state index contributed by atoms with van der Waals surface area (Å²) in [7, 11) is -2.03. The number of pyridine rings is 1. The minimum atomic E-state index is -3.55. The van der Waals surface area contributed by atoms with Gasteiger partial charge in [0.2, 0.25) is 5.88 Å². The van der Waals surface area contributed by atoms with E-state index in [4.69, 9.17) is 4.74 Å². The zero-order chi connectivity index (χ0) is 19.1. The van der Waals surface area contributed by atoms with Gasteiger partial charge in [0.1, 0.15) is 5.88 Å². The van der Waals surface area contributed by atoms with E-state index >= 15 is 0 Å². The van der Waals surface area contributed by atoms with E-state index in [2.05, 4.69) is 9.97 Å². The number of sulfone groups is 1. The predicted octanol–water partition coefficient (Wildman–Crippen LogP) is 1.07. The summed E-state index contributed by atoms with van der Waals surface area (Å²) in [6.07, 6.45) is 2.58. The Morgan fingerprint density at radius 1 is 1.23 bits per heavy atom. The second kappa shape index (κ2) is 6.41. The van der Waals surface area contributed by atoms with Crippen molar-refractivity contribution in [2.45, 2.75) is 12.8 Å². The molecule has 0 saturated carbocycles. The van der Waals surface area contributed by atoms with E-state index in [-0.39, 0.29) is 5.39 Å². The van der Waals surface area contributed by atoms with Crippen molar-refractivity contribution in [2.75, 3.05) is 13.4 Å². The molecule has 0 aliphatic heterocycles. The Morgan fingerprint density at radius 3 is 2.54 bits per heavy atom. The first-order valence-corrected chi connectivity index (χ1v) is 9.71. The molecule has 9 heteroatoms. The van der Waals surface area contributed by atoms with Crippen LogP contribution in [0.5, 0.6) is 5.88 Å². The third kappa shape index (κ3) is 3.38. The standard InChI is InChI=1S/C17H17N3O5S/c1-10-6-14-13(7-12(10)11-4-5-15(25-2)18-8-11)16(21)20(17(22)19-14)9-26(3,23)24/h4-8H,9H2,1-3H3,(H,19,22). The van der Waals surface area contributed by atoms with E-state index in [0.717, 1.165) is 22.9 Å². The van der Waals surface area contributed by atoms with E-state index in [1.54, 1.807) is 30.5 Å². The first-order valence-electron chi connectivity index (χ1n) is 7.65. The van der Waals surface area contributed by atoms with E-state index < -0.39 is 27.0 Å². The number of rotatable bonds is 4. The molecule has 2 aromatic heterocycles. The van der Waals surface area contributed by atoms with Gasteiger partial charge in [0.05, 0.1) is 18.0 Å². The van der Waals surface area contributed by atoms with Crippen LogP contribution in [0.2, 0.25) is 0 Å². The SMILES string of the molecule is COc1ccc(-c2cc3c(=O)n(CS(C)(=O)=O)c(=O)[nH]c3cc2C)cn1. The smallest absolute Gasteiger partial charge is 0.329 e. The number of H-pyrrole nitrogens is 1. The zero-order valence-electron chi connectivity index (χ0n) is 14.4. The molecule has 8 nitrogen and oxygen atoms in total. The summed E-state index contributed by atoms with van der Waals surface area (Å²) in [5, 5.41) is 0.227. The Bertz CT molecular complexity index is 1210. The van der Waals surface area contributed by atoms with Crippen molar-refractivity contribution in [1.82, 2.24) is 14.5 Å². The highest BCUT2D eigenvalue weighted by atomic mass is 32.2. The molecule has 0 spiro atoms. The van der Waals surface area contributed by atoms with Gasteiger partial charge in [0.15, 0.2) is 9.84 Å².